The van der Waals surface area contributed by atoms with E-state index in [0.717, 1.165) is 17.3 Å². The minimum Gasteiger partial charge on any atom is -0.398 e. The zero-order valence-corrected chi connectivity index (χ0v) is 10.5. The van der Waals surface area contributed by atoms with Crippen LogP contribution in [-0.4, -0.2) is 19.0 Å². The van der Waals surface area contributed by atoms with Gasteiger partial charge in [0.2, 0.25) is 0 Å². The second kappa shape index (κ2) is 4.97. The molecule has 0 saturated carbocycles. The van der Waals surface area contributed by atoms with Crippen LogP contribution in [0.2, 0.25) is 0 Å². The van der Waals surface area contributed by atoms with E-state index in [1.54, 1.807) is 12.1 Å². The van der Waals surface area contributed by atoms with Crippen LogP contribution in [-0.2, 0) is 4.74 Å². The Labute approximate surface area is 103 Å². The number of ketones is 1. The average Bonchev–Trinajstić information content (AvgIpc) is 2.29. The Hall–Kier alpha value is -0.870. The van der Waals surface area contributed by atoms with Gasteiger partial charge in [-0.25, -0.2) is 0 Å². The highest BCUT2D eigenvalue weighted by Gasteiger charge is 2.24. The molecule has 0 atom stereocenters. The molecular formula is C12H14BrNO2. The molecule has 1 saturated heterocycles. The molecule has 0 spiro atoms. The van der Waals surface area contributed by atoms with Crippen molar-refractivity contribution < 1.29 is 9.53 Å². The van der Waals surface area contributed by atoms with Gasteiger partial charge in [0.25, 0.3) is 0 Å². The van der Waals surface area contributed by atoms with Crippen LogP contribution in [0, 0.1) is 5.92 Å². The number of benzene rings is 1. The third-order valence-electron chi connectivity index (χ3n) is 2.87. The van der Waals surface area contributed by atoms with E-state index in [1.807, 2.05) is 6.07 Å². The van der Waals surface area contributed by atoms with Gasteiger partial charge in [-0.3, -0.25) is 4.79 Å². The highest BCUT2D eigenvalue weighted by Crippen LogP contribution is 2.25. The van der Waals surface area contributed by atoms with E-state index in [1.165, 1.54) is 0 Å². The molecule has 0 radical (unpaired) electrons. The van der Waals surface area contributed by atoms with Crippen LogP contribution in [0.15, 0.2) is 22.7 Å². The summed E-state index contributed by atoms with van der Waals surface area (Å²) < 4.78 is 6.14. The van der Waals surface area contributed by atoms with Gasteiger partial charge in [0.1, 0.15) is 0 Å². The number of halogens is 1. The molecule has 16 heavy (non-hydrogen) atoms. The number of carbonyl (C=O) groups excluding carboxylic acids is 1. The predicted molar refractivity (Wildman–Crippen MR) is 66.4 cm³/mol. The molecule has 1 fully saturated rings. The summed E-state index contributed by atoms with van der Waals surface area (Å²) in [6, 6.07) is 5.41. The maximum Gasteiger partial charge on any atom is 0.168 e. The number of rotatable bonds is 2. The van der Waals surface area contributed by atoms with Gasteiger partial charge in [0.05, 0.1) is 0 Å². The molecule has 4 heteroatoms. The molecule has 2 N–H and O–H groups in total. The summed E-state index contributed by atoms with van der Waals surface area (Å²) >= 11 is 3.33. The van der Waals surface area contributed by atoms with Crippen LogP contribution in [0.4, 0.5) is 5.69 Å². The first-order valence-corrected chi connectivity index (χ1v) is 6.15. The quantitative estimate of drug-likeness (QED) is 0.671. The first-order chi connectivity index (χ1) is 7.68. The molecule has 2 rings (SSSR count). The predicted octanol–water partition coefficient (Wildman–Crippen LogP) is 2.64. The van der Waals surface area contributed by atoms with Crippen molar-refractivity contribution in [3.63, 3.8) is 0 Å². The molecule has 3 nitrogen and oxygen atoms in total. The van der Waals surface area contributed by atoms with E-state index in [0.29, 0.717) is 24.5 Å². The fraction of sp³-hybridized carbons (Fsp3) is 0.417. The lowest BCUT2D eigenvalue weighted by Gasteiger charge is -2.21. The number of anilines is 1. The van der Waals surface area contributed by atoms with E-state index < -0.39 is 0 Å². The van der Waals surface area contributed by atoms with Crippen LogP contribution >= 0.6 is 15.9 Å². The Balaban J connectivity index is 2.19. The van der Waals surface area contributed by atoms with Crippen molar-refractivity contribution in [1.29, 1.82) is 0 Å². The van der Waals surface area contributed by atoms with E-state index in [-0.39, 0.29) is 11.7 Å². The third-order valence-corrected chi connectivity index (χ3v) is 3.36. The van der Waals surface area contributed by atoms with E-state index >= 15 is 0 Å². The van der Waals surface area contributed by atoms with Gasteiger partial charge >= 0.3 is 0 Å². The van der Waals surface area contributed by atoms with Crippen molar-refractivity contribution in [3.05, 3.63) is 28.2 Å². The van der Waals surface area contributed by atoms with Gasteiger partial charge in [0.15, 0.2) is 5.78 Å². The van der Waals surface area contributed by atoms with E-state index in [2.05, 4.69) is 15.9 Å². The molecule has 0 bridgehead atoms. The zero-order chi connectivity index (χ0) is 11.5. The molecule has 1 aliphatic heterocycles. The zero-order valence-electron chi connectivity index (χ0n) is 8.91. The normalized spacial score (nSPS) is 17.3. The van der Waals surface area contributed by atoms with Gasteiger partial charge in [-0.05, 0) is 31.0 Å². The average molecular weight is 284 g/mol. The Kier molecular flexibility index (Phi) is 3.61. The lowest BCUT2D eigenvalue weighted by Crippen LogP contribution is -2.24. The topological polar surface area (TPSA) is 52.3 Å². The molecular weight excluding hydrogens is 270 g/mol. The van der Waals surface area contributed by atoms with Crippen molar-refractivity contribution in [2.45, 2.75) is 12.8 Å². The summed E-state index contributed by atoms with van der Waals surface area (Å²) in [5.41, 5.74) is 7.03. The first-order valence-electron chi connectivity index (χ1n) is 5.35. The Morgan fingerprint density at radius 2 is 2.06 bits per heavy atom. The van der Waals surface area contributed by atoms with Crippen LogP contribution < -0.4 is 5.73 Å². The summed E-state index contributed by atoms with van der Waals surface area (Å²) in [4.78, 5) is 12.2. The number of nitrogen functional groups attached to an aromatic ring is 1. The van der Waals surface area contributed by atoms with Gasteiger partial charge < -0.3 is 10.5 Å². The number of nitrogens with two attached hydrogens (primary N) is 1. The lowest BCUT2D eigenvalue weighted by atomic mass is 9.90. The van der Waals surface area contributed by atoms with Gasteiger partial charge in [-0.1, -0.05) is 15.9 Å². The monoisotopic (exact) mass is 283 g/mol. The van der Waals surface area contributed by atoms with Gasteiger partial charge in [-0.2, -0.15) is 0 Å². The highest BCUT2D eigenvalue weighted by molar-refractivity contribution is 9.10. The molecule has 0 amide bonds. The molecule has 1 aromatic carbocycles. The number of hydrogen-bond acceptors (Lipinski definition) is 3. The van der Waals surface area contributed by atoms with Gasteiger partial charge in [0, 0.05) is 34.9 Å². The number of ether oxygens (including phenoxy) is 1. The molecule has 1 aromatic rings. The van der Waals surface area contributed by atoms with Crippen molar-refractivity contribution in [2.24, 2.45) is 5.92 Å². The second-order valence-corrected chi connectivity index (χ2v) is 4.90. The van der Waals surface area contributed by atoms with Crippen molar-refractivity contribution in [3.8, 4) is 0 Å². The SMILES string of the molecule is Nc1cc(Br)ccc1C(=O)C1CCOCC1. The van der Waals surface area contributed by atoms with Crippen molar-refractivity contribution in [1.82, 2.24) is 0 Å². The van der Waals surface area contributed by atoms with Crippen molar-refractivity contribution >= 4 is 27.4 Å². The summed E-state index contributed by atoms with van der Waals surface area (Å²) in [5, 5.41) is 0. The number of hydrogen-bond donors (Lipinski definition) is 1. The maximum atomic E-state index is 12.2. The summed E-state index contributed by atoms with van der Waals surface area (Å²) in [7, 11) is 0. The van der Waals surface area contributed by atoms with Crippen LogP contribution in [0.3, 0.4) is 0 Å². The molecule has 0 unspecified atom stereocenters. The molecule has 86 valence electrons. The fourth-order valence-corrected chi connectivity index (χ4v) is 2.32. The maximum absolute atomic E-state index is 12.2. The van der Waals surface area contributed by atoms with E-state index in [4.69, 9.17) is 10.5 Å². The first kappa shape index (κ1) is 11.6. The lowest BCUT2D eigenvalue weighted by molar-refractivity contribution is 0.0545. The third kappa shape index (κ3) is 2.44. The standard InChI is InChI=1S/C12H14BrNO2/c13-9-1-2-10(11(14)7-9)12(15)8-3-5-16-6-4-8/h1-2,7-8H,3-6,14H2. The summed E-state index contributed by atoms with van der Waals surface area (Å²) in [6.45, 7) is 1.35. The molecule has 0 aromatic heterocycles. The summed E-state index contributed by atoms with van der Waals surface area (Å²) in [5.74, 6) is 0.213. The van der Waals surface area contributed by atoms with Crippen LogP contribution in [0.25, 0.3) is 0 Å². The fourth-order valence-electron chi connectivity index (χ4n) is 1.94. The minimum atomic E-state index is 0.0669. The number of carbonyl (C=O) groups is 1. The van der Waals surface area contributed by atoms with Crippen LogP contribution in [0.5, 0.6) is 0 Å². The minimum absolute atomic E-state index is 0.0669. The Bertz CT molecular complexity index is 400. The molecule has 1 heterocycles. The van der Waals surface area contributed by atoms with Crippen LogP contribution in [0.1, 0.15) is 23.2 Å². The van der Waals surface area contributed by atoms with Crippen molar-refractivity contribution in [2.75, 3.05) is 18.9 Å². The highest BCUT2D eigenvalue weighted by atomic mass is 79.9. The Morgan fingerprint density at radius 3 is 2.69 bits per heavy atom. The smallest absolute Gasteiger partial charge is 0.168 e. The summed E-state index contributed by atoms with van der Waals surface area (Å²) in [6.07, 6.45) is 1.60. The second-order valence-electron chi connectivity index (χ2n) is 3.98. The number of Topliss-reactive ketones (excluding diaryl/α,β-unsaturated/α-hetero) is 1. The molecule has 1 aliphatic rings. The van der Waals surface area contributed by atoms with E-state index in [9.17, 15) is 4.79 Å². The van der Waals surface area contributed by atoms with Gasteiger partial charge in [-0.15, -0.1) is 0 Å². The Morgan fingerprint density at radius 1 is 1.38 bits per heavy atom. The molecule has 0 aliphatic carbocycles. The largest absolute Gasteiger partial charge is 0.398 e.